The first-order chi connectivity index (χ1) is 7.13. The lowest BCUT2D eigenvalue weighted by molar-refractivity contribution is 0.778. The average Bonchev–Trinajstić information content (AvgIpc) is 2.19. The Kier molecular flexibility index (Phi) is 5.37. The second-order valence-corrected chi connectivity index (χ2v) is 4.76. The maximum absolute atomic E-state index is 6.11. The fraction of sp³-hybridized carbons (Fsp3) is 0.333. The van der Waals surface area contributed by atoms with E-state index in [-0.39, 0.29) is 0 Å². The predicted octanol–water partition coefficient (Wildman–Crippen LogP) is 4.12. The van der Waals surface area contributed by atoms with Gasteiger partial charge in [-0.3, -0.25) is 0 Å². The molecule has 0 heterocycles. The Morgan fingerprint density at radius 1 is 1.53 bits per heavy atom. The van der Waals surface area contributed by atoms with E-state index < -0.39 is 0 Å². The maximum atomic E-state index is 6.11. The summed E-state index contributed by atoms with van der Waals surface area (Å²) in [4.78, 5) is 0. The van der Waals surface area contributed by atoms with Crippen LogP contribution in [0.15, 0.2) is 28.2 Å². The zero-order valence-corrected chi connectivity index (χ0v) is 11.3. The Hall–Kier alpha value is -0.310. The molecule has 0 spiro atoms. The third-order valence-corrected chi connectivity index (χ3v) is 2.84. The summed E-state index contributed by atoms with van der Waals surface area (Å²) >= 11 is 9.50. The molecule has 0 saturated heterocycles. The fourth-order valence-corrected chi connectivity index (χ4v) is 1.99. The first-order valence-electron chi connectivity index (χ1n) is 4.96. The predicted molar refractivity (Wildman–Crippen MR) is 71.3 cm³/mol. The first kappa shape index (κ1) is 12.8. The molecule has 0 unspecified atom stereocenters. The normalized spacial score (nSPS) is 11.9. The monoisotopic (exact) mass is 287 g/mol. The van der Waals surface area contributed by atoms with Crippen LogP contribution in [0.1, 0.15) is 19.4 Å². The summed E-state index contributed by atoms with van der Waals surface area (Å²) in [6.45, 7) is 6.09. The van der Waals surface area contributed by atoms with Gasteiger partial charge in [-0.05, 0) is 31.2 Å². The molecular formula is C12H15BrClN. The van der Waals surface area contributed by atoms with Crippen LogP contribution in [0.5, 0.6) is 0 Å². The van der Waals surface area contributed by atoms with Crippen molar-refractivity contribution in [3.8, 4) is 0 Å². The first-order valence-corrected chi connectivity index (χ1v) is 6.13. The molecule has 0 atom stereocenters. The molecule has 0 amide bonds. The SMILES string of the molecule is CCNC/C(C)=C/c1ccc(Br)cc1Cl. The van der Waals surface area contributed by atoms with Gasteiger partial charge in [-0.1, -0.05) is 52.2 Å². The Morgan fingerprint density at radius 3 is 2.87 bits per heavy atom. The van der Waals surface area contributed by atoms with Gasteiger partial charge < -0.3 is 5.32 Å². The highest BCUT2D eigenvalue weighted by Crippen LogP contribution is 2.23. The molecule has 0 bridgehead atoms. The molecule has 82 valence electrons. The molecule has 0 aromatic heterocycles. The van der Waals surface area contributed by atoms with Gasteiger partial charge in [-0.2, -0.15) is 0 Å². The van der Waals surface area contributed by atoms with Crippen molar-refractivity contribution in [2.75, 3.05) is 13.1 Å². The molecule has 1 nitrogen and oxygen atoms in total. The van der Waals surface area contributed by atoms with Crippen LogP contribution < -0.4 is 5.32 Å². The van der Waals surface area contributed by atoms with Crippen molar-refractivity contribution >= 4 is 33.6 Å². The van der Waals surface area contributed by atoms with Crippen molar-refractivity contribution in [3.63, 3.8) is 0 Å². The Balaban J connectivity index is 2.78. The molecule has 0 aliphatic heterocycles. The summed E-state index contributed by atoms with van der Waals surface area (Å²) in [5.41, 5.74) is 2.34. The second-order valence-electron chi connectivity index (χ2n) is 3.44. The molecule has 1 N–H and O–H groups in total. The minimum Gasteiger partial charge on any atom is -0.313 e. The van der Waals surface area contributed by atoms with Crippen LogP contribution in [-0.2, 0) is 0 Å². The van der Waals surface area contributed by atoms with Crippen LogP contribution in [0.2, 0.25) is 5.02 Å². The highest BCUT2D eigenvalue weighted by Gasteiger charge is 1.98. The highest BCUT2D eigenvalue weighted by molar-refractivity contribution is 9.10. The van der Waals surface area contributed by atoms with E-state index in [1.54, 1.807) is 0 Å². The largest absolute Gasteiger partial charge is 0.313 e. The molecule has 0 fully saturated rings. The minimum absolute atomic E-state index is 0.778. The van der Waals surface area contributed by atoms with E-state index in [1.807, 2.05) is 18.2 Å². The summed E-state index contributed by atoms with van der Waals surface area (Å²) in [6, 6.07) is 5.92. The molecular weight excluding hydrogens is 273 g/mol. The smallest absolute Gasteiger partial charge is 0.0489 e. The zero-order chi connectivity index (χ0) is 11.3. The van der Waals surface area contributed by atoms with E-state index in [0.717, 1.165) is 28.1 Å². The number of halogens is 2. The van der Waals surface area contributed by atoms with E-state index >= 15 is 0 Å². The van der Waals surface area contributed by atoms with Gasteiger partial charge in [0.2, 0.25) is 0 Å². The highest BCUT2D eigenvalue weighted by atomic mass is 79.9. The van der Waals surface area contributed by atoms with Crippen LogP contribution in [-0.4, -0.2) is 13.1 Å². The molecule has 0 aliphatic rings. The molecule has 0 aliphatic carbocycles. The Bertz CT molecular complexity index is 361. The minimum atomic E-state index is 0.778. The standard InChI is InChI=1S/C12H15BrClN/c1-3-15-8-9(2)6-10-4-5-11(13)7-12(10)14/h4-7,15H,3,8H2,1-2H3/b9-6+. The number of hydrogen-bond acceptors (Lipinski definition) is 1. The molecule has 1 rings (SSSR count). The number of hydrogen-bond donors (Lipinski definition) is 1. The van der Waals surface area contributed by atoms with Crippen LogP contribution >= 0.6 is 27.5 Å². The molecule has 15 heavy (non-hydrogen) atoms. The quantitative estimate of drug-likeness (QED) is 0.879. The molecule has 1 aromatic rings. The average molecular weight is 289 g/mol. The van der Waals surface area contributed by atoms with Gasteiger partial charge in [0.05, 0.1) is 0 Å². The van der Waals surface area contributed by atoms with Gasteiger partial charge in [0.15, 0.2) is 0 Å². The van der Waals surface area contributed by atoms with Gasteiger partial charge >= 0.3 is 0 Å². The van der Waals surface area contributed by atoms with E-state index in [4.69, 9.17) is 11.6 Å². The molecule has 3 heteroatoms. The van der Waals surface area contributed by atoms with Gasteiger partial charge in [-0.25, -0.2) is 0 Å². The summed E-state index contributed by atoms with van der Waals surface area (Å²) in [5, 5.41) is 4.06. The summed E-state index contributed by atoms with van der Waals surface area (Å²) < 4.78 is 1.01. The zero-order valence-electron chi connectivity index (χ0n) is 8.98. The Morgan fingerprint density at radius 2 is 2.27 bits per heavy atom. The number of rotatable bonds is 4. The van der Waals surface area contributed by atoms with Gasteiger partial charge in [-0.15, -0.1) is 0 Å². The summed E-state index contributed by atoms with van der Waals surface area (Å²) in [5.74, 6) is 0. The van der Waals surface area contributed by atoms with Gasteiger partial charge in [0.25, 0.3) is 0 Å². The van der Waals surface area contributed by atoms with E-state index in [9.17, 15) is 0 Å². The van der Waals surface area contributed by atoms with Crippen molar-refractivity contribution < 1.29 is 0 Å². The van der Waals surface area contributed by atoms with Crippen LogP contribution in [0.3, 0.4) is 0 Å². The van der Waals surface area contributed by atoms with Crippen molar-refractivity contribution in [3.05, 3.63) is 38.8 Å². The third kappa shape index (κ3) is 4.37. The topological polar surface area (TPSA) is 12.0 Å². The van der Waals surface area contributed by atoms with Crippen molar-refractivity contribution in [2.24, 2.45) is 0 Å². The second kappa shape index (κ2) is 6.31. The molecule has 0 saturated carbocycles. The molecule has 1 aromatic carbocycles. The van der Waals surface area contributed by atoms with Crippen LogP contribution in [0.4, 0.5) is 0 Å². The van der Waals surface area contributed by atoms with E-state index in [1.165, 1.54) is 5.57 Å². The van der Waals surface area contributed by atoms with Gasteiger partial charge in [0.1, 0.15) is 0 Å². The number of benzene rings is 1. The lowest BCUT2D eigenvalue weighted by Crippen LogP contribution is -2.14. The van der Waals surface area contributed by atoms with E-state index in [0.29, 0.717) is 0 Å². The summed E-state index contributed by atoms with van der Waals surface area (Å²) in [6.07, 6.45) is 2.11. The lowest BCUT2D eigenvalue weighted by Gasteiger charge is -2.04. The lowest BCUT2D eigenvalue weighted by atomic mass is 10.1. The van der Waals surface area contributed by atoms with Crippen LogP contribution in [0.25, 0.3) is 6.08 Å². The number of nitrogens with one attached hydrogen (secondary N) is 1. The fourth-order valence-electron chi connectivity index (χ4n) is 1.26. The maximum Gasteiger partial charge on any atom is 0.0489 e. The van der Waals surface area contributed by atoms with Crippen LogP contribution in [0, 0.1) is 0 Å². The Labute approximate surface area is 105 Å². The van der Waals surface area contributed by atoms with E-state index in [2.05, 4.69) is 41.2 Å². The summed E-state index contributed by atoms with van der Waals surface area (Å²) in [7, 11) is 0. The van der Waals surface area contributed by atoms with Crippen molar-refractivity contribution in [1.82, 2.24) is 5.32 Å². The third-order valence-electron chi connectivity index (χ3n) is 2.02. The van der Waals surface area contributed by atoms with Crippen molar-refractivity contribution in [1.29, 1.82) is 0 Å². The number of likely N-dealkylation sites (N-methyl/N-ethyl adjacent to an activating group) is 1. The van der Waals surface area contributed by atoms with Gasteiger partial charge in [0, 0.05) is 16.0 Å². The molecule has 0 radical (unpaired) electrons. The van der Waals surface area contributed by atoms with Crippen molar-refractivity contribution in [2.45, 2.75) is 13.8 Å².